The largest absolute Gasteiger partial charge is 0.492 e. The molecule has 0 saturated carbocycles. The number of furan rings is 1. The summed E-state index contributed by atoms with van der Waals surface area (Å²) < 4.78 is 38.6. The highest BCUT2D eigenvalue weighted by atomic mass is 32.2. The molecule has 4 rings (SSSR count). The second-order valence-electron chi connectivity index (χ2n) is 6.99. The van der Waals surface area contributed by atoms with Crippen molar-refractivity contribution in [3.8, 4) is 16.5 Å². The third-order valence-electron chi connectivity index (χ3n) is 4.59. The van der Waals surface area contributed by atoms with Gasteiger partial charge in [-0.2, -0.15) is 0 Å². The number of para-hydroxylation sites is 1. The van der Waals surface area contributed by atoms with Gasteiger partial charge in [0.25, 0.3) is 5.91 Å². The summed E-state index contributed by atoms with van der Waals surface area (Å²) in [6.45, 7) is 2.07. The summed E-state index contributed by atoms with van der Waals surface area (Å²) >= 11 is 1.47. The lowest BCUT2D eigenvalue weighted by atomic mass is 10.3. The maximum atomic E-state index is 12.7. The Kier molecular flexibility index (Phi) is 6.00. The number of nitrogens with zero attached hydrogens (tertiary/aromatic N) is 2. The molecule has 0 radical (unpaired) electrons. The molecule has 2 aromatic heterocycles. The summed E-state index contributed by atoms with van der Waals surface area (Å²) in [7, 11) is -0.904. The van der Waals surface area contributed by atoms with E-state index in [4.69, 9.17) is 9.15 Å². The van der Waals surface area contributed by atoms with E-state index in [-0.39, 0.29) is 16.4 Å². The Balaban J connectivity index is 1.59. The first-order valence-corrected chi connectivity index (χ1v) is 12.0. The summed E-state index contributed by atoms with van der Waals surface area (Å²) in [5.74, 6) is 0.286. The predicted molar refractivity (Wildman–Crippen MR) is 124 cm³/mol. The number of carbonyl (C=O) groups is 1. The van der Waals surface area contributed by atoms with Crippen molar-refractivity contribution in [3.05, 3.63) is 60.4 Å². The summed E-state index contributed by atoms with van der Waals surface area (Å²) in [4.78, 5) is 17.2. The van der Waals surface area contributed by atoms with Crippen molar-refractivity contribution in [1.82, 2.24) is 9.29 Å². The van der Waals surface area contributed by atoms with Gasteiger partial charge in [-0.1, -0.05) is 12.1 Å². The van der Waals surface area contributed by atoms with Gasteiger partial charge in [-0.3, -0.25) is 4.79 Å². The molecule has 0 atom stereocenters. The lowest BCUT2D eigenvalue weighted by molar-refractivity contribution is 0.0997. The fourth-order valence-electron chi connectivity index (χ4n) is 3.00. The van der Waals surface area contributed by atoms with E-state index in [1.54, 1.807) is 25.1 Å². The number of hydrogen-bond donors (Lipinski definition) is 1. The smallest absolute Gasteiger partial charge is 0.291 e. The van der Waals surface area contributed by atoms with E-state index >= 15 is 0 Å². The minimum absolute atomic E-state index is 0.0308. The highest BCUT2D eigenvalue weighted by Gasteiger charge is 2.24. The number of ether oxygens (including phenoxy) is 1. The van der Waals surface area contributed by atoms with Crippen molar-refractivity contribution in [3.63, 3.8) is 0 Å². The lowest BCUT2D eigenvalue weighted by Gasteiger charge is -2.16. The maximum Gasteiger partial charge on any atom is 0.291 e. The Morgan fingerprint density at radius 3 is 2.66 bits per heavy atom. The number of nitrogens with one attached hydrogen (secondary N) is 1. The maximum absolute atomic E-state index is 12.7. The van der Waals surface area contributed by atoms with Gasteiger partial charge in [0, 0.05) is 19.8 Å². The zero-order valence-electron chi connectivity index (χ0n) is 17.7. The van der Waals surface area contributed by atoms with E-state index in [0.717, 1.165) is 14.5 Å². The molecule has 0 fully saturated rings. The zero-order valence-corrected chi connectivity index (χ0v) is 19.3. The van der Waals surface area contributed by atoms with Crippen molar-refractivity contribution < 1.29 is 22.4 Å². The van der Waals surface area contributed by atoms with E-state index in [1.165, 1.54) is 37.6 Å². The number of benzene rings is 2. The fourth-order valence-corrected chi connectivity index (χ4v) is 4.98. The number of fused-ring (bicyclic) bond motifs is 1. The van der Waals surface area contributed by atoms with Crippen molar-refractivity contribution in [2.24, 2.45) is 0 Å². The quantitative estimate of drug-likeness (QED) is 0.427. The van der Waals surface area contributed by atoms with Crippen LogP contribution in [0.1, 0.15) is 17.5 Å². The first kappa shape index (κ1) is 22.0. The molecule has 2 heterocycles. The molecule has 8 nitrogen and oxygen atoms in total. The first-order valence-electron chi connectivity index (χ1n) is 9.76. The van der Waals surface area contributed by atoms with Crippen molar-refractivity contribution in [2.75, 3.05) is 26.0 Å². The molecule has 0 aliphatic carbocycles. The topological polar surface area (TPSA) is 102 Å². The summed E-state index contributed by atoms with van der Waals surface area (Å²) in [6.07, 6.45) is 0. The van der Waals surface area contributed by atoms with Crippen LogP contribution in [0, 0.1) is 0 Å². The van der Waals surface area contributed by atoms with Gasteiger partial charge in [-0.05, 0) is 49.4 Å². The molecule has 0 aliphatic rings. The molecule has 0 saturated heterocycles. The third-order valence-corrected chi connectivity index (χ3v) is 7.48. The molecule has 2 aromatic carbocycles. The number of amides is 1. The van der Waals surface area contributed by atoms with Gasteiger partial charge in [-0.15, -0.1) is 11.3 Å². The van der Waals surface area contributed by atoms with Crippen molar-refractivity contribution >= 4 is 43.2 Å². The molecule has 32 heavy (non-hydrogen) atoms. The van der Waals surface area contributed by atoms with Crippen LogP contribution in [0.5, 0.6) is 5.75 Å². The van der Waals surface area contributed by atoms with Crippen LogP contribution >= 0.6 is 11.3 Å². The lowest BCUT2D eigenvalue weighted by Crippen LogP contribution is -2.23. The van der Waals surface area contributed by atoms with Gasteiger partial charge >= 0.3 is 0 Å². The summed E-state index contributed by atoms with van der Waals surface area (Å²) in [6, 6.07) is 15.4. The monoisotopic (exact) mass is 471 g/mol. The Hall–Kier alpha value is -3.21. The molecule has 4 aromatic rings. The van der Waals surface area contributed by atoms with Crippen LogP contribution < -0.4 is 10.1 Å². The van der Waals surface area contributed by atoms with Crippen LogP contribution in [0.3, 0.4) is 0 Å². The van der Waals surface area contributed by atoms with E-state index in [9.17, 15) is 13.2 Å². The molecule has 1 amide bonds. The Morgan fingerprint density at radius 2 is 1.94 bits per heavy atom. The van der Waals surface area contributed by atoms with Crippen LogP contribution in [0.15, 0.2) is 63.9 Å². The van der Waals surface area contributed by atoms with E-state index in [1.807, 2.05) is 24.3 Å². The summed E-state index contributed by atoms with van der Waals surface area (Å²) in [5, 5.41) is 3.35. The van der Waals surface area contributed by atoms with Crippen LogP contribution in [0.2, 0.25) is 0 Å². The molecule has 10 heteroatoms. The molecule has 0 aliphatic heterocycles. The van der Waals surface area contributed by atoms with Gasteiger partial charge in [0.05, 0.1) is 16.8 Å². The van der Waals surface area contributed by atoms with Crippen LogP contribution in [0.4, 0.5) is 5.69 Å². The second-order valence-corrected chi connectivity index (χ2v) is 10.1. The molecule has 0 unspecified atom stereocenters. The van der Waals surface area contributed by atoms with Gasteiger partial charge in [0.1, 0.15) is 10.6 Å². The van der Waals surface area contributed by atoms with E-state index in [0.29, 0.717) is 23.1 Å². The van der Waals surface area contributed by atoms with Crippen LogP contribution in [0.25, 0.3) is 21.0 Å². The Bertz CT molecular complexity index is 1360. The Labute approximate surface area is 189 Å². The van der Waals surface area contributed by atoms with Crippen LogP contribution in [-0.4, -0.2) is 44.3 Å². The van der Waals surface area contributed by atoms with Crippen molar-refractivity contribution in [1.29, 1.82) is 0 Å². The summed E-state index contributed by atoms with van der Waals surface area (Å²) in [5.41, 5.74) is 1.16. The minimum Gasteiger partial charge on any atom is -0.492 e. The number of carbonyl (C=O) groups excluding carboxylic acids is 1. The average Bonchev–Trinajstić information content (AvgIpc) is 3.42. The fraction of sp³-hybridized carbons (Fsp3) is 0.182. The number of anilines is 1. The number of aromatic nitrogens is 1. The van der Waals surface area contributed by atoms with E-state index < -0.39 is 15.9 Å². The van der Waals surface area contributed by atoms with Gasteiger partial charge in [-0.25, -0.2) is 17.7 Å². The third kappa shape index (κ3) is 4.24. The number of sulfonamides is 1. The van der Waals surface area contributed by atoms with Gasteiger partial charge < -0.3 is 14.5 Å². The van der Waals surface area contributed by atoms with Gasteiger partial charge in [0.15, 0.2) is 16.5 Å². The normalized spacial score (nSPS) is 11.8. The highest BCUT2D eigenvalue weighted by Crippen LogP contribution is 2.32. The molecule has 0 bridgehead atoms. The average molecular weight is 472 g/mol. The van der Waals surface area contributed by atoms with E-state index in [2.05, 4.69) is 10.3 Å². The SMILES string of the molecule is CCOc1ccc(NC(=O)c2ccc(-c3nc4ccccc4s3)o2)cc1S(=O)(=O)N(C)C. The number of rotatable bonds is 7. The van der Waals surface area contributed by atoms with Gasteiger partial charge in [0.2, 0.25) is 10.0 Å². The second kappa shape index (κ2) is 8.73. The highest BCUT2D eigenvalue weighted by molar-refractivity contribution is 7.89. The van der Waals surface area contributed by atoms with Crippen molar-refractivity contribution in [2.45, 2.75) is 11.8 Å². The molecular weight excluding hydrogens is 450 g/mol. The zero-order chi connectivity index (χ0) is 22.9. The van der Waals surface area contributed by atoms with Crippen LogP contribution in [-0.2, 0) is 10.0 Å². The molecule has 166 valence electrons. The number of hydrogen-bond acceptors (Lipinski definition) is 7. The Morgan fingerprint density at radius 1 is 1.16 bits per heavy atom. The molecular formula is C22H21N3O5S2. The standard InChI is InChI=1S/C22H21N3O5S2/c1-4-29-16-10-9-14(13-20(16)32(27,28)25(2)3)23-21(26)17-11-12-18(30-17)22-24-15-7-5-6-8-19(15)31-22/h5-13H,4H2,1-3H3,(H,23,26). The molecule has 1 N–H and O–H groups in total. The minimum atomic E-state index is -3.77. The predicted octanol–water partition coefficient (Wildman–Crippen LogP) is 4.46. The number of thiazole rings is 1. The first-order chi connectivity index (χ1) is 15.3. The molecule has 0 spiro atoms.